The molecule has 1 N–H and O–H groups in total. The minimum Gasteiger partial charge on any atom is -0.495 e. The maximum absolute atomic E-state index is 12.6. The molecule has 0 bridgehead atoms. The molecule has 0 fully saturated rings. The lowest BCUT2D eigenvalue weighted by Gasteiger charge is -2.15. The fraction of sp³-hybridized carbons (Fsp3) is 0.200. The smallest absolute Gasteiger partial charge is 0.265 e. The summed E-state index contributed by atoms with van der Waals surface area (Å²) in [6.45, 7) is 3.67. The third-order valence-electron chi connectivity index (χ3n) is 3.08. The quantitative estimate of drug-likeness (QED) is 0.878. The van der Waals surface area contributed by atoms with Crippen LogP contribution < -0.4 is 9.46 Å². The van der Waals surface area contributed by atoms with Gasteiger partial charge in [0.05, 0.1) is 17.8 Å². The van der Waals surface area contributed by atoms with Crippen LogP contribution in [0.4, 0.5) is 5.69 Å². The molecule has 0 aliphatic rings. The van der Waals surface area contributed by atoms with Crippen LogP contribution in [0, 0.1) is 13.8 Å². The molecule has 22 heavy (non-hydrogen) atoms. The highest BCUT2D eigenvalue weighted by atomic mass is 35.5. The first-order valence-corrected chi connectivity index (χ1v) is 8.61. The third kappa shape index (κ3) is 3.48. The Morgan fingerprint density at radius 3 is 2.36 bits per heavy atom. The summed E-state index contributed by atoms with van der Waals surface area (Å²) in [6, 6.07) is 7.94. The summed E-state index contributed by atoms with van der Waals surface area (Å²) in [5.41, 5.74) is 2.02. The van der Waals surface area contributed by atoms with E-state index >= 15 is 0 Å². The normalized spacial score (nSPS) is 11.3. The first-order valence-electron chi connectivity index (χ1n) is 6.37. The van der Waals surface area contributed by atoms with Crippen LogP contribution in [0.2, 0.25) is 10.0 Å². The van der Waals surface area contributed by atoms with Crippen LogP contribution in [-0.2, 0) is 10.0 Å². The van der Waals surface area contributed by atoms with Gasteiger partial charge in [0, 0.05) is 5.02 Å². The number of aryl methyl sites for hydroxylation is 2. The summed E-state index contributed by atoms with van der Waals surface area (Å²) < 4.78 is 32.8. The number of hydrogen-bond acceptors (Lipinski definition) is 3. The highest BCUT2D eigenvalue weighted by Crippen LogP contribution is 2.33. The largest absolute Gasteiger partial charge is 0.495 e. The van der Waals surface area contributed by atoms with Crippen molar-refractivity contribution in [3.05, 3.63) is 51.5 Å². The van der Waals surface area contributed by atoms with Crippen LogP contribution in [0.1, 0.15) is 11.1 Å². The highest BCUT2D eigenvalue weighted by molar-refractivity contribution is 7.92. The minimum atomic E-state index is -3.88. The van der Waals surface area contributed by atoms with E-state index in [-0.39, 0.29) is 10.6 Å². The summed E-state index contributed by atoms with van der Waals surface area (Å²) in [6.07, 6.45) is 0. The molecule has 0 amide bonds. The molecule has 0 heterocycles. The van der Waals surface area contributed by atoms with Crippen molar-refractivity contribution < 1.29 is 13.2 Å². The monoisotopic (exact) mass is 359 g/mol. The number of hydrogen-bond donors (Lipinski definition) is 1. The average Bonchev–Trinajstić information content (AvgIpc) is 2.43. The number of halogens is 2. The number of rotatable bonds is 4. The van der Waals surface area contributed by atoms with E-state index in [0.717, 1.165) is 11.1 Å². The Hall–Kier alpha value is -1.43. The zero-order chi connectivity index (χ0) is 16.5. The van der Waals surface area contributed by atoms with Crippen LogP contribution in [0.5, 0.6) is 5.75 Å². The molecule has 7 heteroatoms. The molecule has 0 aliphatic carbocycles. The van der Waals surface area contributed by atoms with E-state index in [1.807, 2.05) is 13.0 Å². The number of anilines is 1. The summed E-state index contributed by atoms with van der Waals surface area (Å²) in [5.74, 6) is 0.206. The van der Waals surface area contributed by atoms with Crippen LogP contribution in [0.25, 0.3) is 0 Å². The van der Waals surface area contributed by atoms with Crippen molar-refractivity contribution in [2.24, 2.45) is 0 Å². The minimum absolute atomic E-state index is 0.0430. The van der Waals surface area contributed by atoms with Crippen LogP contribution in [-0.4, -0.2) is 15.5 Å². The summed E-state index contributed by atoms with van der Waals surface area (Å²) in [4.78, 5) is -0.0430. The van der Waals surface area contributed by atoms with Crippen molar-refractivity contribution in [2.75, 3.05) is 11.8 Å². The molecule has 0 unspecified atom stereocenters. The number of nitrogens with one attached hydrogen (secondary N) is 1. The Morgan fingerprint density at radius 1 is 1.09 bits per heavy atom. The maximum atomic E-state index is 12.6. The standard InChI is InChI=1S/C15H15Cl2NO3S/c1-9-6-10(2)15(12(17)7-9)18-22(19,20)14-8-11(16)4-5-13(14)21-3/h4-8,18H,1-3H3. The fourth-order valence-electron chi connectivity index (χ4n) is 2.09. The molecular weight excluding hydrogens is 345 g/mol. The predicted molar refractivity (Wildman–Crippen MR) is 89.7 cm³/mol. The molecule has 0 aliphatic heterocycles. The van der Waals surface area contributed by atoms with Gasteiger partial charge in [0.15, 0.2) is 0 Å². The van der Waals surface area contributed by atoms with E-state index < -0.39 is 10.0 Å². The maximum Gasteiger partial charge on any atom is 0.265 e. The summed E-state index contributed by atoms with van der Waals surface area (Å²) in [5, 5.41) is 0.634. The van der Waals surface area contributed by atoms with Crippen LogP contribution in [0.15, 0.2) is 35.2 Å². The lowest BCUT2D eigenvalue weighted by molar-refractivity contribution is 0.403. The fourth-order valence-corrected chi connectivity index (χ4v) is 4.10. The zero-order valence-corrected chi connectivity index (χ0v) is 14.6. The molecule has 2 aromatic rings. The lowest BCUT2D eigenvalue weighted by Crippen LogP contribution is -2.15. The first-order chi connectivity index (χ1) is 10.2. The molecule has 118 valence electrons. The van der Waals surface area contributed by atoms with E-state index in [4.69, 9.17) is 27.9 Å². The van der Waals surface area contributed by atoms with Gasteiger partial charge >= 0.3 is 0 Å². The highest BCUT2D eigenvalue weighted by Gasteiger charge is 2.22. The van der Waals surface area contributed by atoms with E-state index in [2.05, 4.69) is 4.72 Å². The van der Waals surface area contributed by atoms with Crippen LogP contribution in [0.3, 0.4) is 0 Å². The van der Waals surface area contributed by atoms with Crippen LogP contribution >= 0.6 is 23.2 Å². The molecule has 0 atom stereocenters. The Balaban J connectivity index is 2.52. The van der Waals surface area contributed by atoms with Gasteiger partial charge in [0.25, 0.3) is 10.0 Å². The Labute approximate surface area is 140 Å². The molecule has 0 radical (unpaired) electrons. The van der Waals surface area contributed by atoms with E-state index in [1.165, 1.54) is 19.2 Å². The van der Waals surface area contributed by atoms with Gasteiger partial charge in [0.2, 0.25) is 0 Å². The number of methoxy groups -OCH3 is 1. The lowest BCUT2D eigenvalue weighted by atomic mass is 10.1. The number of benzene rings is 2. The Bertz CT molecular complexity index is 797. The molecule has 2 rings (SSSR count). The van der Waals surface area contributed by atoms with E-state index in [0.29, 0.717) is 15.7 Å². The van der Waals surface area contributed by atoms with Gasteiger partial charge in [-0.25, -0.2) is 8.42 Å². The van der Waals surface area contributed by atoms with Crippen molar-refractivity contribution in [2.45, 2.75) is 18.7 Å². The first kappa shape index (κ1) is 16.9. The molecule has 0 saturated heterocycles. The molecule has 0 spiro atoms. The second-order valence-electron chi connectivity index (χ2n) is 4.84. The van der Waals surface area contributed by atoms with Gasteiger partial charge in [0.1, 0.15) is 10.6 Å². The topological polar surface area (TPSA) is 55.4 Å². The Morgan fingerprint density at radius 2 is 1.77 bits per heavy atom. The zero-order valence-electron chi connectivity index (χ0n) is 12.3. The second-order valence-corrected chi connectivity index (χ2v) is 7.33. The average molecular weight is 360 g/mol. The number of sulfonamides is 1. The van der Waals surface area contributed by atoms with Gasteiger partial charge < -0.3 is 4.74 Å². The molecule has 2 aromatic carbocycles. The Kier molecular flexibility index (Phi) is 4.90. The van der Waals surface area contributed by atoms with Crippen molar-refractivity contribution in [1.82, 2.24) is 0 Å². The SMILES string of the molecule is COc1ccc(Cl)cc1S(=O)(=O)Nc1c(C)cc(C)cc1Cl. The van der Waals surface area contributed by atoms with Gasteiger partial charge in [-0.3, -0.25) is 4.72 Å². The number of ether oxygens (including phenoxy) is 1. The van der Waals surface area contributed by atoms with Gasteiger partial charge in [-0.2, -0.15) is 0 Å². The molecule has 4 nitrogen and oxygen atoms in total. The van der Waals surface area contributed by atoms with Crippen molar-refractivity contribution in [3.63, 3.8) is 0 Å². The van der Waals surface area contributed by atoms with E-state index in [9.17, 15) is 8.42 Å². The summed E-state index contributed by atoms with van der Waals surface area (Å²) >= 11 is 12.0. The van der Waals surface area contributed by atoms with Crippen molar-refractivity contribution in [1.29, 1.82) is 0 Å². The van der Waals surface area contributed by atoms with Gasteiger partial charge in [-0.15, -0.1) is 0 Å². The molecular formula is C15H15Cl2NO3S. The second kappa shape index (κ2) is 6.36. The van der Waals surface area contributed by atoms with E-state index in [1.54, 1.807) is 19.1 Å². The van der Waals surface area contributed by atoms with Crippen molar-refractivity contribution in [3.8, 4) is 5.75 Å². The summed E-state index contributed by atoms with van der Waals surface area (Å²) in [7, 11) is -2.49. The molecule has 0 aromatic heterocycles. The van der Waals surface area contributed by atoms with Gasteiger partial charge in [-0.05, 0) is 49.2 Å². The molecule has 0 saturated carbocycles. The third-order valence-corrected chi connectivity index (χ3v) is 4.99. The van der Waals surface area contributed by atoms with Gasteiger partial charge in [-0.1, -0.05) is 29.3 Å². The van der Waals surface area contributed by atoms with Crippen molar-refractivity contribution >= 4 is 38.9 Å². The predicted octanol–water partition coefficient (Wildman–Crippen LogP) is 4.42.